The number of aromatic nitrogens is 2. The summed E-state index contributed by atoms with van der Waals surface area (Å²) in [5.41, 5.74) is 7.11. The maximum absolute atomic E-state index is 4.18. The first kappa shape index (κ1) is 24.2. The fraction of sp³-hybridized carbons (Fsp3) is 0.222. The van der Waals surface area contributed by atoms with Gasteiger partial charge in [-0.3, -0.25) is 15.0 Å². The summed E-state index contributed by atoms with van der Waals surface area (Å²) in [7, 11) is 0. The average molecular weight is 447 g/mol. The monoisotopic (exact) mass is 446 g/mol. The Bertz CT molecular complexity index is 982. The summed E-state index contributed by atoms with van der Waals surface area (Å²) in [6.07, 6.45) is 10.9. The van der Waals surface area contributed by atoms with Gasteiger partial charge in [0.2, 0.25) is 0 Å². The Morgan fingerprint density at radius 2 is 1.27 bits per heavy atom. The number of nitrogens with one attached hydrogen (secondary N) is 3. The zero-order chi connectivity index (χ0) is 23.1. The number of nitrogens with zero attached hydrogens (tertiary/aromatic N) is 3. The molecule has 0 saturated carbocycles. The Balaban J connectivity index is 0.00000408. The van der Waals surface area contributed by atoms with Gasteiger partial charge in [0.15, 0.2) is 0 Å². The molecule has 0 amide bonds. The Kier molecular flexibility index (Phi) is 10.2. The second kappa shape index (κ2) is 13.9. The first-order valence-corrected chi connectivity index (χ1v) is 11.1. The van der Waals surface area contributed by atoms with E-state index in [1.165, 1.54) is 27.8 Å². The minimum Gasteiger partial charge on any atom is -0.309 e. The number of pyridine rings is 2. The lowest BCUT2D eigenvalue weighted by atomic mass is 10.0. The molecule has 6 heteroatoms. The van der Waals surface area contributed by atoms with Crippen molar-refractivity contribution < 1.29 is 4.28 Å². The van der Waals surface area contributed by atoms with E-state index in [2.05, 4.69) is 74.5 Å². The van der Waals surface area contributed by atoms with Crippen molar-refractivity contribution in [3.8, 4) is 0 Å². The highest BCUT2D eigenvalue weighted by Crippen LogP contribution is 2.12. The first-order chi connectivity index (χ1) is 16.3. The highest BCUT2D eigenvalue weighted by Gasteiger charge is 2.04. The molecule has 0 saturated heterocycles. The highest BCUT2D eigenvalue weighted by molar-refractivity contribution is 5.31. The molecule has 0 radical (unpaired) electrons. The van der Waals surface area contributed by atoms with Crippen molar-refractivity contribution >= 4 is 6.72 Å². The predicted molar refractivity (Wildman–Crippen MR) is 142 cm³/mol. The average Bonchev–Trinajstić information content (AvgIpc) is 2.85. The summed E-state index contributed by atoms with van der Waals surface area (Å²) in [4.78, 5) is 12.2. The Morgan fingerprint density at radius 1 is 0.788 bits per heavy atom. The second-order valence-electron chi connectivity index (χ2n) is 7.78. The standard InChI is InChI=1S/C27H32N6.3H2/c1-3-22(13-28-2)14-31-19-25-10-26(20-32-17-23-6-4-8-29-15-23)12-27(11-25)21-33-18-24-7-5-9-30-16-24;;;/h3-13,15-16,31-33H,1-2,14,17-21H2;3*1H/b22-13+;;;. The van der Waals surface area contributed by atoms with E-state index in [0.29, 0.717) is 6.54 Å². The third-order valence-electron chi connectivity index (χ3n) is 5.05. The molecule has 0 aliphatic rings. The third-order valence-corrected chi connectivity index (χ3v) is 5.05. The lowest BCUT2D eigenvalue weighted by molar-refractivity contribution is 0.674. The van der Waals surface area contributed by atoms with Crippen LogP contribution >= 0.6 is 0 Å². The van der Waals surface area contributed by atoms with Gasteiger partial charge in [-0.15, -0.1) is 0 Å². The van der Waals surface area contributed by atoms with Crippen LogP contribution in [0.2, 0.25) is 0 Å². The van der Waals surface area contributed by atoms with Crippen molar-refractivity contribution in [3.05, 3.63) is 119 Å². The van der Waals surface area contributed by atoms with Gasteiger partial charge in [-0.25, -0.2) is 0 Å². The number of rotatable bonds is 14. The van der Waals surface area contributed by atoms with Gasteiger partial charge in [0.05, 0.1) is 0 Å². The third kappa shape index (κ3) is 8.90. The van der Waals surface area contributed by atoms with Crippen LogP contribution in [0.25, 0.3) is 0 Å². The van der Waals surface area contributed by atoms with Crippen LogP contribution in [0.15, 0.2) is 96.7 Å². The predicted octanol–water partition coefficient (Wildman–Crippen LogP) is 4.65. The van der Waals surface area contributed by atoms with E-state index >= 15 is 0 Å². The van der Waals surface area contributed by atoms with Crippen molar-refractivity contribution in [1.29, 1.82) is 0 Å². The molecule has 2 aromatic heterocycles. The Morgan fingerprint density at radius 3 is 1.70 bits per heavy atom. The normalized spacial score (nSPS) is 11.3. The van der Waals surface area contributed by atoms with Gasteiger partial charge in [-0.2, -0.15) is 0 Å². The summed E-state index contributed by atoms with van der Waals surface area (Å²) in [6, 6.07) is 14.8. The van der Waals surface area contributed by atoms with Crippen LogP contribution < -0.4 is 16.0 Å². The van der Waals surface area contributed by atoms with Crippen molar-refractivity contribution in [2.24, 2.45) is 4.99 Å². The van der Waals surface area contributed by atoms with Crippen molar-refractivity contribution in [3.63, 3.8) is 0 Å². The molecular weight excluding hydrogens is 408 g/mol. The van der Waals surface area contributed by atoms with Crippen LogP contribution in [-0.2, 0) is 32.7 Å². The molecule has 3 aromatic rings. The lowest BCUT2D eigenvalue weighted by Crippen LogP contribution is -2.18. The van der Waals surface area contributed by atoms with E-state index in [0.717, 1.165) is 38.3 Å². The van der Waals surface area contributed by atoms with Gasteiger partial charge in [-0.05, 0) is 52.2 Å². The largest absolute Gasteiger partial charge is 0.309 e. The van der Waals surface area contributed by atoms with E-state index in [4.69, 9.17) is 0 Å². The number of hydrogen-bond donors (Lipinski definition) is 3. The fourth-order valence-corrected chi connectivity index (χ4v) is 3.49. The minimum absolute atomic E-state index is 0. The number of hydrogen-bond acceptors (Lipinski definition) is 6. The van der Waals surface area contributed by atoms with Crippen molar-refractivity contribution in [2.75, 3.05) is 6.54 Å². The van der Waals surface area contributed by atoms with Gasteiger partial charge < -0.3 is 16.0 Å². The Hall–Kier alpha value is -3.45. The van der Waals surface area contributed by atoms with Crippen LogP contribution in [0.4, 0.5) is 0 Å². The van der Waals surface area contributed by atoms with Crippen LogP contribution in [0.5, 0.6) is 0 Å². The molecule has 3 N–H and O–H groups in total. The topological polar surface area (TPSA) is 74.2 Å². The van der Waals surface area contributed by atoms with Gasteiger partial charge in [0.1, 0.15) is 0 Å². The fourth-order valence-electron chi connectivity index (χ4n) is 3.49. The molecule has 2 heterocycles. The van der Waals surface area contributed by atoms with E-state index in [9.17, 15) is 0 Å². The molecule has 0 aliphatic carbocycles. The van der Waals surface area contributed by atoms with Gasteiger partial charge in [-0.1, -0.05) is 43.0 Å². The first-order valence-electron chi connectivity index (χ1n) is 11.1. The summed E-state index contributed by atoms with van der Waals surface area (Å²) in [5.74, 6) is 0. The number of benzene rings is 1. The van der Waals surface area contributed by atoms with Gasteiger partial charge in [0, 0.05) is 74.5 Å². The number of aliphatic imine (C=N–C) groups is 1. The lowest BCUT2D eigenvalue weighted by Gasteiger charge is -2.13. The molecule has 6 nitrogen and oxygen atoms in total. The molecule has 3 rings (SSSR count). The van der Waals surface area contributed by atoms with Crippen molar-refractivity contribution in [2.45, 2.75) is 32.7 Å². The van der Waals surface area contributed by atoms with Gasteiger partial charge >= 0.3 is 0 Å². The molecule has 0 fully saturated rings. The van der Waals surface area contributed by atoms with Crippen LogP contribution in [-0.4, -0.2) is 23.2 Å². The summed E-state index contributed by atoms with van der Waals surface area (Å²) >= 11 is 0. The maximum Gasteiger partial charge on any atom is 0.0312 e. The zero-order valence-corrected chi connectivity index (χ0v) is 19.0. The van der Waals surface area contributed by atoms with E-state index in [1.807, 2.05) is 24.5 Å². The molecule has 176 valence electrons. The molecular formula is C27H38N6. The summed E-state index contributed by atoms with van der Waals surface area (Å²) < 4.78 is 0. The molecule has 0 aliphatic heterocycles. The van der Waals surface area contributed by atoms with Crippen LogP contribution in [0.1, 0.15) is 32.1 Å². The van der Waals surface area contributed by atoms with Crippen LogP contribution in [0.3, 0.4) is 0 Å². The van der Waals surface area contributed by atoms with Gasteiger partial charge in [0.25, 0.3) is 0 Å². The Labute approximate surface area is 201 Å². The molecule has 1 aromatic carbocycles. The molecule has 0 atom stereocenters. The summed E-state index contributed by atoms with van der Waals surface area (Å²) in [6.45, 7) is 11.9. The van der Waals surface area contributed by atoms with Crippen molar-refractivity contribution in [1.82, 2.24) is 25.9 Å². The highest BCUT2D eigenvalue weighted by atomic mass is 14.9. The molecule has 0 unspecified atom stereocenters. The minimum atomic E-state index is 0. The van der Waals surface area contributed by atoms with Crippen LogP contribution in [0, 0.1) is 0 Å². The molecule has 33 heavy (non-hydrogen) atoms. The maximum atomic E-state index is 4.18. The van der Waals surface area contributed by atoms with E-state index in [-0.39, 0.29) is 4.28 Å². The molecule has 0 spiro atoms. The van der Waals surface area contributed by atoms with E-state index < -0.39 is 0 Å². The van der Waals surface area contributed by atoms with E-state index in [1.54, 1.807) is 24.7 Å². The quantitative estimate of drug-likeness (QED) is 0.248. The smallest absolute Gasteiger partial charge is 0.0312 e. The summed E-state index contributed by atoms with van der Waals surface area (Å²) in [5, 5.41) is 10.5. The SMILES string of the molecule is C=C/C(=C\N=C)CNCc1cc(CNCc2cccnc2)cc(CNCc2cccnc2)c1.[HH].[HH].[HH]. The zero-order valence-electron chi connectivity index (χ0n) is 19.0. The molecule has 0 bridgehead atoms. The second-order valence-corrected chi connectivity index (χ2v) is 7.78.